The van der Waals surface area contributed by atoms with Crippen molar-refractivity contribution >= 4 is 81.7 Å². The summed E-state index contributed by atoms with van der Waals surface area (Å²) in [6.07, 6.45) is 0. The van der Waals surface area contributed by atoms with Crippen LogP contribution >= 0.6 is 0 Å². The number of nitrogens with zero attached hydrogens (tertiary/aromatic N) is 1. The number of fused-ring (bicyclic) bond motifs is 6. The van der Waals surface area contributed by atoms with E-state index in [0.29, 0.717) is 0 Å². The van der Waals surface area contributed by atoms with Gasteiger partial charge in [-0.3, -0.25) is 0 Å². The maximum atomic E-state index is 2.42. The molecular weight excluding hydrogens is 627 g/mol. The minimum atomic E-state index is 1.14. The molecule has 11 aromatic carbocycles. The first kappa shape index (κ1) is 29.1. The second-order valence-electron chi connectivity index (χ2n) is 14.1. The van der Waals surface area contributed by atoms with Gasteiger partial charge in [0.2, 0.25) is 0 Å². The van der Waals surface area contributed by atoms with Crippen molar-refractivity contribution in [3.05, 3.63) is 188 Å². The fourth-order valence-electron chi connectivity index (χ4n) is 9.07. The number of aryl methyl sites for hydroxylation is 1. The van der Waals surface area contributed by atoms with Gasteiger partial charge >= 0.3 is 0 Å². The first-order valence-corrected chi connectivity index (χ1v) is 18.1. The summed E-state index contributed by atoms with van der Waals surface area (Å²) in [5.41, 5.74) is 9.83. The Labute approximate surface area is 302 Å². The van der Waals surface area contributed by atoms with Gasteiger partial charge in [0.25, 0.3) is 0 Å². The number of hydrogen-bond acceptors (Lipinski definition) is 1. The van der Waals surface area contributed by atoms with E-state index in [9.17, 15) is 0 Å². The summed E-state index contributed by atoms with van der Waals surface area (Å²) in [4.78, 5) is 2.42. The molecule has 242 valence electrons. The third-order valence-electron chi connectivity index (χ3n) is 11.2. The molecule has 0 saturated carbocycles. The normalized spacial score (nSPS) is 11.9. The zero-order valence-electron chi connectivity index (χ0n) is 28.8. The average Bonchev–Trinajstić information content (AvgIpc) is 3.72. The van der Waals surface area contributed by atoms with E-state index in [-0.39, 0.29) is 0 Å². The molecule has 0 fully saturated rings. The van der Waals surface area contributed by atoms with Crippen LogP contribution in [0.2, 0.25) is 0 Å². The lowest BCUT2D eigenvalue weighted by molar-refractivity contribution is 1.29. The van der Waals surface area contributed by atoms with Gasteiger partial charge in [-0.25, -0.2) is 0 Å². The van der Waals surface area contributed by atoms with Crippen molar-refractivity contribution in [3.8, 4) is 22.3 Å². The maximum absolute atomic E-state index is 2.42. The lowest BCUT2D eigenvalue weighted by Crippen LogP contribution is -2.10. The molecule has 0 aliphatic rings. The van der Waals surface area contributed by atoms with Crippen molar-refractivity contribution in [1.82, 2.24) is 0 Å². The van der Waals surface area contributed by atoms with Crippen molar-refractivity contribution in [1.29, 1.82) is 0 Å². The van der Waals surface area contributed by atoms with Gasteiger partial charge in [0.1, 0.15) is 0 Å². The highest BCUT2D eigenvalue weighted by Gasteiger charge is 2.28. The molecule has 0 saturated heterocycles. The monoisotopic (exact) mass is 659 g/mol. The SMILES string of the molecule is Cc1ccc(N(c2ccccc2)c2ccc3c4c(-c5ccccc5)c5c6cccc7cccc(c5c(-c5ccccc5)c4c4cccc2c43)c76)cc1. The molecule has 0 aliphatic heterocycles. The molecule has 0 bridgehead atoms. The van der Waals surface area contributed by atoms with Crippen LogP contribution in [0.5, 0.6) is 0 Å². The van der Waals surface area contributed by atoms with E-state index < -0.39 is 0 Å². The Morgan fingerprint density at radius 2 is 0.750 bits per heavy atom. The van der Waals surface area contributed by atoms with Gasteiger partial charge in [-0.1, -0.05) is 157 Å². The number of anilines is 3. The molecule has 52 heavy (non-hydrogen) atoms. The zero-order valence-corrected chi connectivity index (χ0v) is 28.8. The third-order valence-corrected chi connectivity index (χ3v) is 11.2. The van der Waals surface area contributed by atoms with E-state index in [0.717, 1.165) is 11.4 Å². The predicted molar refractivity (Wildman–Crippen MR) is 224 cm³/mol. The Hall–Kier alpha value is -6.70. The Morgan fingerprint density at radius 1 is 0.308 bits per heavy atom. The van der Waals surface area contributed by atoms with Crippen LogP contribution in [0.4, 0.5) is 17.1 Å². The standard InChI is InChI=1S/C51H33N/c1-32-26-28-37(29-27-32)52(36-20-9-4-10-21-36)43-31-30-42-47-38(43)22-13-25-41(47)50-45(34-14-5-2-6-15-34)48-39-23-11-18-33-19-12-24-40(44(33)39)49(48)46(51(42)50)35-16-7-3-8-17-35/h2-31H,1H3. The summed E-state index contributed by atoms with van der Waals surface area (Å²) >= 11 is 0. The third kappa shape index (κ3) is 4.05. The van der Waals surface area contributed by atoms with Crippen LogP contribution in [-0.4, -0.2) is 0 Å². The summed E-state index contributed by atoms with van der Waals surface area (Å²) in [5, 5.41) is 15.8. The van der Waals surface area contributed by atoms with E-state index in [2.05, 4.69) is 194 Å². The molecule has 0 spiro atoms. The van der Waals surface area contributed by atoms with Crippen LogP contribution in [-0.2, 0) is 0 Å². The summed E-state index contributed by atoms with van der Waals surface area (Å²) in [5.74, 6) is 0. The van der Waals surface area contributed by atoms with Crippen molar-refractivity contribution in [2.75, 3.05) is 4.90 Å². The molecule has 0 unspecified atom stereocenters. The van der Waals surface area contributed by atoms with Gasteiger partial charge in [-0.2, -0.15) is 0 Å². The Bertz CT molecular complexity index is 2960. The van der Waals surface area contributed by atoms with Gasteiger partial charge in [0.15, 0.2) is 0 Å². The van der Waals surface area contributed by atoms with Crippen LogP contribution in [0.25, 0.3) is 86.9 Å². The quantitative estimate of drug-likeness (QED) is 0.178. The minimum absolute atomic E-state index is 1.14. The smallest absolute Gasteiger partial charge is 0.0540 e. The molecule has 0 aromatic heterocycles. The number of rotatable bonds is 5. The second-order valence-corrected chi connectivity index (χ2v) is 14.1. The molecule has 1 heteroatoms. The Kier molecular flexibility index (Phi) is 6.23. The molecule has 1 nitrogen and oxygen atoms in total. The summed E-state index contributed by atoms with van der Waals surface area (Å²) in [7, 11) is 0. The van der Waals surface area contributed by atoms with Gasteiger partial charge in [0.05, 0.1) is 5.69 Å². The minimum Gasteiger partial charge on any atom is -0.310 e. The van der Waals surface area contributed by atoms with Gasteiger partial charge in [-0.15, -0.1) is 0 Å². The van der Waals surface area contributed by atoms with E-state index in [1.807, 2.05) is 0 Å². The van der Waals surface area contributed by atoms with Crippen LogP contribution in [0.15, 0.2) is 182 Å². The molecule has 11 rings (SSSR count). The summed E-state index contributed by atoms with van der Waals surface area (Å²) in [6.45, 7) is 2.15. The highest BCUT2D eigenvalue weighted by atomic mass is 15.1. The van der Waals surface area contributed by atoms with E-state index >= 15 is 0 Å². The van der Waals surface area contributed by atoms with Gasteiger partial charge in [-0.05, 0) is 119 Å². The van der Waals surface area contributed by atoms with Crippen molar-refractivity contribution < 1.29 is 0 Å². The topological polar surface area (TPSA) is 3.24 Å². The average molecular weight is 660 g/mol. The van der Waals surface area contributed by atoms with Crippen LogP contribution < -0.4 is 4.90 Å². The largest absolute Gasteiger partial charge is 0.310 e. The fraction of sp³-hybridized carbons (Fsp3) is 0.0196. The molecule has 0 amide bonds. The number of para-hydroxylation sites is 1. The Balaban J connectivity index is 1.38. The van der Waals surface area contributed by atoms with Crippen molar-refractivity contribution in [2.24, 2.45) is 0 Å². The first-order valence-electron chi connectivity index (χ1n) is 18.1. The lowest BCUT2D eigenvalue weighted by atomic mass is 9.87. The van der Waals surface area contributed by atoms with Gasteiger partial charge < -0.3 is 4.90 Å². The number of benzene rings is 9. The lowest BCUT2D eigenvalue weighted by Gasteiger charge is -2.27. The highest BCUT2D eigenvalue weighted by Crippen LogP contribution is 2.56. The Morgan fingerprint density at radius 3 is 1.31 bits per heavy atom. The molecule has 0 atom stereocenters. The molecule has 0 N–H and O–H groups in total. The predicted octanol–water partition coefficient (Wildman–Crippen LogP) is 14.6. The van der Waals surface area contributed by atoms with E-state index in [1.54, 1.807) is 0 Å². The fourth-order valence-corrected chi connectivity index (χ4v) is 9.07. The summed E-state index contributed by atoms with van der Waals surface area (Å²) in [6, 6.07) is 67.2. The van der Waals surface area contributed by atoms with Crippen LogP contribution in [0, 0.1) is 6.92 Å². The highest BCUT2D eigenvalue weighted by molar-refractivity contribution is 6.46. The molecular formula is C51H33N. The number of hydrogen-bond donors (Lipinski definition) is 0. The summed E-state index contributed by atoms with van der Waals surface area (Å²) < 4.78 is 0. The maximum Gasteiger partial charge on any atom is 0.0540 e. The molecule has 0 radical (unpaired) electrons. The first-order chi connectivity index (χ1) is 25.8. The molecule has 0 aliphatic carbocycles. The van der Waals surface area contributed by atoms with Gasteiger partial charge in [0, 0.05) is 16.8 Å². The van der Waals surface area contributed by atoms with Crippen molar-refractivity contribution in [2.45, 2.75) is 6.92 Å². The van der Waals surface area contributed by atoms with Crippen molar-refractivity contribution in [3.63, 3.8) is 0 Å². The van der Waals surface area contributed by atoms with Crippen LogP contribution in [0.1, 0.15) is 5.56 Å². The zero-order chi connectivity index (χ0) is 34.3. The molecule has 0 heterocycles. The van der Waals surface area contributed by atoms with Crippen LogP contribution in [0.3, 0.4) is 0 Å². The second kappa shape index (κ2) is 11.2. The van der Waals surface area contributed by atoms with E-state index in [4.69, 9.17) is 0 Å². The van der Waals surface area contributed by atoms with E-state index in [1.165, 1.54) is 98.1 Å². The molecule has 11 aromatic rings.